The molecule has 0 radical (unpaired) electrons. The van der Waals surface area contributed by atoms with Crippen molar-refractivity contribution in [1.29, 1.82) is 0 Å². The van der Waals surface area contributed by atoms with Crippen LogP contribution in [0.3, 0.4) is 0 Å². The van der Waals surface area contributed by atoms with Crippen LogP contribution < -0.4 is 0 Å². The van der Waals surface area contributed by atoms with Gasteiger partial charge in [-0.2, -0.15) is 0 Å². The van der Waals surface area contributed by atoms with Crippen molar-refractivity contribution in [1.82, 2.24) is 0 Å². The molecule has 0 aromatic heterocycles. The number of nitrogens with zero attached hydrogens (tertiary/aromatic N) is 1. The lowest BCUT2D eigenvalue weighted by atomic mass is 9.89. The molecule has 2 aromatic carbocycles. The molecule has 1 aliphatic rings. The zero-order chi connectivity index (χ0) is 22.8. The third-order valence-electron chi connectivity index (χ3n) is 5.03. The number of esters is 2. The molecule has 0 fully saturated rings. The minimum absolute atomic E-state index is 0.0579. The van der Waals surface area contributed by atoms with Crippen LogP contribution in [-0.2, 0) is 20.7 Å². The van der Waals surface area contributed by atoms with Gasteiger partial charge in [-0.25, -0.2) is 9.59 Å². The van der Waals surface area contributed by atoms with E-state index in [0.717, 1.165) is 16.7 Å². The predicted octanol–water partition coefficient (Wildman–Crippen LogP) is 4.42. The summed E-state index contributed by atoms with van der Waals surface area (Å²) in [6, 6.07) is 10.6. The Morgan fingerprint density at radius 3 is 2.39 bits per heavy atom. The van der Waals surface area contributed by atoms with Gasteiger partial charge in [-0.1, -0.05) is 18.2 Å². The van der Waals surface area contributed by atoms with Gasteiger partial charge in [0.15, 0.2) is 5.54 Å². The number of carbonyl (C=O) groups is 2. The fraction of sp³-hybridized carbons (Fsp3) is 0.320. The quantitative estimate of drug-likeness (QED) is 0.723. The molecular weight excluding hydrogens is 394 g/mol. The topological polar surface area (TPSA) is 85.2 Å². The van der Waals surface area contributed by atoms with E-state index < -0.39 is 23.1 Å². The molecule has 1 N–H and O–H groups in total. The fourth-order valence-corrected chi connectivity index (χ4v) is 3.41. The zero-order valence-corrected chi connectivity index (χ0v) is 18.4. The number of ether oxygens (including phenoxy) is 2. The lowest BCUT2D eigenvalue weighted by Gasteiger charge is -2.28. The maximum Gasteiger partial charge on any atom is 0.338 e. The van der Waals surface area contributed by atoms with Crippen molar-refractivity contribution in [3.63, 3.8) is 0 Å². The largest absolute Gasteiger partial charge is 0.508 e. The number of phenolic OH excluding ortho intramolecular Hbond substituents is 1. The molecule has 6 heteroatoms. The van der Waals surface area contributed by atoms with Gasteiger partial charge in [0.2, 0.25) is 0 Å². The Bertz CT molecular complexity index is 1060. The van der Waals surface area contributed by atoms with Crippen LogP contribution in [0.25, 0.3) is 11.1 Å². The van der Waals surface area contributed by atoms with E-state index >= 15 is 0 Å². The van der Waals surface area contributed by atoms with E-state index in [4.69, 9.17) is 9.47 Å². The van der Waals surface area contributed by atoms with Crippen LogP contribution in [0.5, 0.6) is 5.75 Å². The second-order valence-corrected chi connectivity index (χ2v) is 8.60. The van der Waals surface area contributed by atoms with Crippen LogP contribution in [0.1, 0.15) is 42.3 Å². The van der Waals surface area contributed by atoms with Crippen molar-refractivity contribution in [3.8, 4) is 16.9 Å². The molecule has 0 aliphatic carbocycles. The number of benzene rings is 2. The highest BCUT2D eigenvalue weighted by molar-refractivity contribution is 5.93. The molecule has 0 bridgehead atoms. The Labute approximate surface area is 182 Å². The first-order valence-corrected chi connectivity index (χ1v) is 10.0. The van der Waals surface area contributed by atoms with E-state index in [9.17, 15) is 14.7 Å². The first-order chi connectivity index (χ1) is 14.5. The minimum atomic E-state index is -1.23. The number of hydrogen-bond donors (Lipinski definition) is 1. The monoisotopic (exact) mass is 421 g/mol. The molecule has 0 amide bonds. The molecule has 1 aliphatic heterocycles. The molecule has 1 heterocycles. The van der Waals surface area contributed by atoms with E-state index in [1.54, 1.807) is 63.4 Å². The molecule has 1 atom stereocenters. The number of hydrogen-bond acceptors (Lipinski definition) is 6. The van der Waals surface area contributed by atoms with Crippen molar-refractivity contribution in [3.05, 3.63) is 65.2 Å². The first-order valence-electron chi connectivity index (χ1n) is 10.0. The molecule has 3 rings (SSSR count). The second-order valence-electron chi connectivity index (χ2n) is 8.60. The highest BCUT2D eigenvalue weighted by Gasteiger charge is 2.41. The van der Waals surface area contributed by atoms with Crippen LogP contribution in [0.4, 0.5) is 0 Å². The fourth-order valence-electron chi connectivity index (χ4n) is 3.41. The molecule has 162 valence electrons. The van der Waals surface area contributed by atoms with Gasteiger partial charge in [0.25, 0.3) is 0 Å². The van der Waals surface area contributed by atoms with E-state index in [1.807, 2.05) is 19.1 Å². The number of phenols is 1. The molecule has 1 unspecified atom stereocenters. The molecule has 0 saturated carbocycles. The normalized spacial score (nSPS) is 17.6. The number of rotatable bonds is 5. The van der Waals surface area contributed by atoms with Crippen molar-refractivity contribution in [2.45, 2.75) is 45.3 Å². The summed E-state index contributed by atoms with van der Waals surface area (Å²) < 4.78 is 10.4. The summed E-state index contributed by atoms with van der Waals surface area (Å²) in [6.45, 7) is 7.24. The first kappa shape index (κ1) is 22.3. The van der Waals surface area contributed by atoms with Crippen molar-refractivity contribution in [2.24, 2.45) is 4.99 Å². The van der Waals surface area contributed by atoms with Crippen LogP contribution in [-0.4, -0.2) is 41.5 Å². The van der Waals surface area contributed by atoms with E-state index in [1.165, 1.54) is 7.11 Å². The highest BCUT2D eigenvalue weighted by Crippen LogP contribution is 2.33. The lowest BCUT2D eigenvalue weighted by Crippen LogP contribution is -2.41. The number of methoxy groups -OCH3 is 1. The number of aliphatic imine (C=N–C) groups is 1. The highest BCUT2D eigenvalue weighted by atomic mass is 16.6. The summed E-state index contributed by atoms with van der Waals surface area (Å²) in [6.07, 6.45) is 5.10. The number of aryl methyl sites for hydroxylation is 1. The molecule has 0 saturated heterocycles. The minimum Gasteiger partial charge on any atom is -0.508 e. The SMILES string of the molecule is COC(=O)c1cc(-c2ccc(O)c(CC3(C(=O)OC(C)(C)C)C=CC=N3)c2)ccc1C. The summed E-state index contributed by atoms with van der Waals surface area (Å²) in [4.78, 5) is 29.4. The smallest absolute Gasteiger partial charge is 0.338 e. The average molecular weight is 421 g/mol. The zero-order valence-electron chi connectivity index (χ0n) is 18.4. The Morgan fingerprint density at radius 1 is 1.10 bits per heavy atom. The van der Waals surface area contributed by atoms with Gasteiger partial charge in [-0.05, 0) is 80.3 Å². The lowest BCUT2D eigenvalue weighted by molar-refractivity contribution is -0.159. The molecular formula is C25H27NO5. The van der Waals surface area contributed by atoms with E-state index in [-0.39, 0.29) is 12.2 Å². The van der Waals surface area contributed by atoms with Crippen LogP contribution >= 0.6 is 0 Å². The maximum absolute atomic E-state index is 12.9. The molecule has 31 heavy (non-hydrogen) atoms. The number of carbonyl (C=O) groups excluding carboxylic acids is 2. The standard InChI is InChI=1S/C25H27NO5/c1-16-7-8-18(14-20(16)22(28)30-5)17-9-10-21(27)19(13-17)15-25(11-6-12-26-25)23(29)31-24(2,3)4/h6-14,27H,15H2,1-5H3. The summed E-state index contributed by atoms with van der Waals surface area (Å²) in [5.41, 5.74) is 1.53. The Hall–Kier alpha value is -3.41. The molecule has 0 spiro atoms. The second kappa shape index (κ2) is 8.38. The van der Waals surface area contributed by atoms with Crippen molar-refractivity contribution < 1.29 is 24.2 Å². The van der Waals surface area contributed by atoms with Gasteiger partial charge in [0.05, 0.1) is 12.7 Å². The summed E-state index contributed by atoms with van der Waals surface area (Å²) >= 11 is 0. The van der Waals surface area contributed by atoms with Crippen molar-refractivity contribution in [2.75, 3.05) is 7.11 Å². The van der Waals surface area contributed by atoms with Gasteiger partial charge >= 0.3 is 11.9 Å². The van der Waals surface area contributed by atoms with Gasteiger partial charge in [-0.3, -0.25) is 4.99 Å². The Balaban J connectivity index is 1.98. The Morgan fingerprint density at radius 2 is 1.77 bits per heavy atom. The maximum atomic E-state index is 12.9. The van der Waals surface area contributed by atoms with Crippen molar-refractivity contribution >= 4 is 18.2 Å². The van der Waals surface area contributed by atoms with Gasteiger partial charge in [0.1, 0.15) is 11.4 Å². The van der Waals surface area contributed by atoms with Crippen LogP contribution in [0, 0.1) is 6.92 Å². The summed E-state index contributed by atoms with van der Waals surface area (Å²) in [7, 11) is 1.35. The van der Waals surface area contributed by atoms with Crippen LogP contribution in [0.2, 0.25) is 0 Å². The van der Waals surface area contributed by atoms with Gasteiger partial charge < -0.3 is 14.6 Å². The summed E-state index contributed by atoms with van der Waals surface area (Å²) in [5.74, 6) is -0.826. The number of aromatic hydroxyl groups is 1. The van der Waals surface area contributed by atoms with Crippen LogP contribution in [0.15, 0.2) is 53.5 Å². The third kappa shape index (κ3) is 4.85. The van der Waals surface area contributed by atoms with Gasteiger partial charge in [-0.15, -0.1) is 0 Å². The third-order valence-corrected chi connectivity index (χ3v) is 5.03. The summed E-state index contributed by atoms with van der Waals surface area (Å²) in [5, 5.41) is 10.5. The van der Waals surface area contributed by atoms with E-state index in [0.29, 0.717) is 11.1 Å². The van der Waals surface area contributed by atoms with E-state index in [2.05, 4.69) is 4.99 Å². The Kier molecular flexibility index (Phi) is 6.02. The molecule has 6 nitrogen and oxygen atoms in total. The average Bonchev–Trinajstić information content (AvgIpc) is 3.18. The molecule has 2 aromatic rings. The predicted molar refractivity (Wildman–Crippen MR) is 120 cm³/mol. The van der Waals surface area contributed by atoms with Gasteiger partial charge in [0, 0.05) is 12.6 Å². The number of allylic oxidation sites excluding steroid dienone is 1.